The number of methoxy groups -OCH3 is 3. The maximum Gasteiger partial charge on any atom is 0.203 e. The van der Waals surface area contributed by atoms with E-state index in [9.17, 15) is 0 Å². The van der Waals surface area contributed by atoms with Gasteiger partial charge in [0.2, 0.25) is 5.75 Å². The van der Waals surface area contributed by atoms with Crippen LogP contribution >= 0.6 is 0 Å². The number of nitrogens with two attached hydrogens (primary N) is 1. The first-order valence-corrected chi connectivity index (χ1v) is 5.44. The van der Waals surface area contributed by atoms with E-state index in [-0.39, 0.29) is 0 Å². The molecule has 1 aromatic rings. The van der Waals surface area contributed by atoms with E-state index < -0.39 is 0 Å². The molecule has 0 aliphatic carbocycles. The molecule has 16 heavy (non-hydrogen) atoms. The second kappa shape index (κ2) is 4.61. The van der Waals surface area contributed by atoms with Crippen molar-refractivity contribution in [2.45, 2.75) is 13.0 Å². The summed E-state index contributed by atoms with van der Waals surface area (Å²) in [5.41, 5.74) is 2.53. The Morgan fingerprint density at radius 2 is 1.81 bits per heavy atom. The molecule has 1 aliphatic heterocycles. The van der Waals surface area contributed by atoms with Crippen LogP contribution in [-0.2, 0) is 13.0 Å². The minimum absolute atomic E-state index is 0.694. The van der Waals surface area contributed by atoms with E-state index in [0.717, 1.165) is 31.0 Å². The van der Waals surface area contributed by atoms with Crippen molar-refractivity contribution in [1.82, 2.24) is 0 Å². The van der Waals surface area contributed by atoms with Crippen LogP contribution < -0.4 is 19.5 Å². The number of hydrogen-bond acceptors (Lipinski definition) is 3. The minimum Gasteiger partial charge on any atom is -0.493 e. The summed E-state index contributed by atoms with van der Waals surface area (Å²) in [7, 11) is 4.96. The largest absolute Gasteiger partial charge is 0.493 e. The molecule has 2 rings (SSSR count). The summed E-state index contributed by atoms with van der Waals surface area (Å²) >= 11 is 0. The molecule has 4 heteroatoms. The molecule has 0 radical (unpaired) electrons. The van der Waals surface area contributed by atoms with E-state index in [1.165, 1.54) is 11.1 Å². The number of benzene rings is 1. The monoisotopic (exact) mass is 224 g/mol. The van der Waals surface area contributed by atoms with Crippen LogP contribution in [0.3, 0.4) is 0 Å². The molecule has 4 nitrogen and oxygen atoms in total. The lowest BCUT2D eigenvalue weighted by atomic mass is 9.99. The maximum atomic E-state index is 5.45. The molecule has 0 saturated carbocycles. The molecule has 0 fully saturated rings. The highest BCUT2D eigenvalue weighted by atomic mass is 16.5. The Hall–Kier alpha value is -1.42. The Balaban J connectivity index is 2.59. The third kappa shape index (κ3) is 1.69. The van der Waals surface area contributed by atoms with Gasteiger partial charge in [0.25, 0.3) is 0 Å². The van der Waals surface area contributed by atoms with Gasteiger partial charge in [-0.05, 0) is 11.6 Å². The number of fused-ring (bicyclic) bond motifs is 1. The summed E-state index contributed by atoms with van der Waals surface area (Å²) in [6.07, 6.45) is 1.05. The van der Waals surface area contributed by atoms with E-state index in [0.29, 0.717) is 5.75 Å². The molecular weight excluding hydrogens is 206 g/mol. The quantitative estimate of drug-likeness (QED) is 0.805. The molecule has 0 bridgehead atoms. The summed E-state index contributed by atoms with van der Waals surface area (Å²) in [6, 6.07) is 2.06. The van der Waals surface area contributed by atoms with Crippen LogP contribution in [0.15, 0.2) is 6.07 Å². The Labute approximate surface area is 95.5 Å². The fourth-order valence-electron chi connectivity index (χ4n) is 2.22. The Bertz CT molecular complexity index is 376. The lowest BCUT2D eigenvalue weighted by molar-refractivity contribution is -0.673. The standard InChI is InChI=1S/C12H17NO3/c1-14-10-6-8-4-5-13-7-9(8)11(15-2)12(10)16-3/h6,13H,4-5,7H2,1-3H3/p+1. The van der Waals surface area contributed by atoms with Crippen LogP contribution in [0.1, 0.15) is 11.1 Å². The smallest absolute Gasteiger partial charge is 0.203 e. The molecule has 0 saturated heterocycles. The van der Waals surface area contributed by atoms with Crippen LogP contribution in [0.2, 0.25) is 0 Å². The molecule has 1 heterocycles. The van der Waals surface area contributed by atoms with Gasteiger partial charge in [-0.2, -0.15) is 0 Å². The molecule has 0 spiro atoms. The highest BCUT2D eigenvalue weighted by Crippen LogP contribution is 2.42. The molecule has 0 amide bonds. The van der Waals surface area contributed by atoms with Gasteiger partial charge in [-0.3, -0.25) is 0 Å². The van der Waals surface area contributed by atoms with Crippen molar-refractivity contribution in [3.05, 3.63) is 17.2 Å². The summed E-state index contributed by atoms with van der Waals surface area (Å²) in [5, 5.41) is 2.27. The predicted molar refractivity (Wildman–Crippen MR) is 60.3 cm³/mol. The van der Waals surface area contributed by atoms with Crippen LogP contribution in [0, 0.1) is 0 Å². The van der Waals surface area contributed by atoms with E-state index >= 15 is 0 Å². The van der Waals surface area contributed by atoms with Crippen molar-refractivity contribution in [2.24, 2.45) is 0 Å². The Morgan fingerprint density at radius 3 is 2.44 bits per heavy atom. The second-order valence-electron chi connectivity index (χ2n) is 3.81. The van der Waals surface area contributed by atoms with Crippen molar-refractivity contribution in [2.75, 3.05) is 27.9 Å². The fraction of sp³-hybridized carbons (Fsp3) is 0.500. The highest BCUT2D eigenvalue weighted by molar-refractivity contribution is 5.59. The van der Waals surface area contributed by atoms with Crippen LogP contribution in [-0.4, -0.2) is 27.9 Å². The third-order valence-electron chi connectivity index (χ3n) is 2.99. The molecule has 1 aliphatic rings. The number of ether oxygens (including phenoxy) is 3. The molecular formula is C12H18NO3+. The van der Waals surface area contributed by atoms with E-state index in [4.69, 9.17) is 14.2 Å². The van der Waals surface area contributed by atoms with Crippen molar-refractivity contribution < 1.29 is 19.5 Å². The summed E-state index contributed by atoms with van der Waals surface area (Å²) < 4.78 is 16.1. The van der Waals surface area contributed by atoms with Gasteiger partial charge in [-0.1, -0.05) is 0 Å². The van der Waals surface area contributed by atoms with Gasteiger partial charge >= 0.3 is 0 Å². The zero-order chi connectivity index (χ0) is 11.5. The van der Waals surface area contributed by atoms with E-state index in [2.05, 4.69) is 11.4 Å². The summed E-state index contributed by atoms with van der Waals surface area (Å²) in [4.78, 5) is 0. The van der Waals surface area contributed by atoms with Crippen molar-refractivity contribution in [3.63, 3.8) is 0 Å². The molecule has 0 atom stereocenters. The second-order valence-corrected chi connectivity index (χ2v) is 3.81. The lowest BCUT2D eigenvalue weighted by Crippen LogP contribution is -2.84. The van der Waals surface area contributed by atoms with Gasteiger partial charge in [0, 0.05) is 6.42 Å². The van der Waals surface area contributed by atoms with E-state index in [1.807, 2.05) is 0 Å². The van der Waals surface area contributed by atoms with Crippen molar-refractivity contribution in [1.29, 1.82) is 0 Å². The SMILES string of the molecule is COc1cc2c(c(OC)c1OC)C[NH2+]CC2. The van der Waals surface area contributed by atoms with Crippen molar-refractivity contribution in [3.8, 4) is 17.2 Å². The molecule has 88 valence electrons. The maximum absolute atomic E-state index is 5.45. The minimum atomic E-state index is 0.694. The predicted octanol–water partition coefficient (Wildman–Crippen LogP) is 0.332. The highest BCUT2D eigenvalue weighted by Gasteiger charge is 2.23. The molecule has 0 unspecified atom stereocenters. The average molecular weight is 224 g/mol. The Kier molecular flexibility index (Phi) is 3.19. The summed E-state index contributed by atoms with van der Waals surface area (Å²) in [5.74, 6) is 2.26. The fourth-order valence-corrected chi connectivity index (χ4v) is 2.22. The van der Waals surface area contributed by atoms with Gasteiger partial charge in [0.05, 0.1) is 33.4 Å². The van der Waals surface area contributed by atoms with Crippen LogP contribution in [0.4, 0.5) is 0 Å². The zero-order valence-corrected chi connectivity index (χ0v) is 10.0. The van der Waals surface area contributed by atoms with Crippen molar-refractivity contribution >= 4 is 0 Å². The average Bonchev–Trinajstić information content (AvgIpc) is 2.36. The lowest BCUT2D eigenvalue weighted by Gasteiger charge is -2.21. The van der Waals surface area contributed by atoms with Gasteiger partial charge in [0.1, 0.15) is 6.54 Å². The normalized spacial score (nSPS) is 14.2. The topological polar surface area (TPSA) is 44.3 Å². The number of rotatable bonds is 3. The zero-order valence-electron chi connectivity index (χ0n) is 10.0. The van der Waals surface area contributed by atoms with Gasteiger partial charge in [0.15, 0.2) is 11.5 Å². The molecule has 0 aromatic heterocycles. The first kappa shape index (κ1) is 11.1. The third-order valence-corrected chi connectivity index (χ3v) is 2.99. The summed E-state index contributed by atoms with van der Waals surface area (Å²) in [6.45, 7) is 2.06. The first-order chi connectivity index (χ1) is 7.81. The molecule has 1 aromatic carbocycles. The number of quaternary nitrogens is 1. The molecule has 2 N–H and O–H groups in total. The number of hydrogen-bond donors (Lipinski definition) is 1. The van der Waals surface area contributed by atoms with Crippen LogP contribution in [0.25, 0.3) is 0 Å². The van der Waals surface area contributed by atoms with E-state index in [1.54, 1.807) is 21.3 Å². The van der Waals surface area contributed by atoms with Gasteiger partial charge < -0.3 is 19.5 Å². The van der Waals surface area contributed by atoms with Gasteiger partial charge in [-0.15, -0.1) is 0 Å². The first-order valence-electron chi connectivity index (χ1n) is 5.44. The van der Waals surface area contributed by atoms with Crippen LogP contribution in [0.5, 0.6) is 17.2 Å². The Morgan fingerprint density at radius 1 is 1.06 bits per heavy atom. The van der Waals surface area contributed by atoms with Gasteiger partial charge in [-0.25, -0.2) is 0 Å².